The Labute approximate surface area is 341 Å². The molecule has 0 aliphatic carbocycles. The molecule has 59 heavy (non-hydrogen) atoms. The van der Waals surface area contributed by atoms with Gasteiger partial charge in [-0.1, -0.05) is 12.1 Å². The maximum atomic E-state index is 13.9. The van der Waals surface area contributed by atoms with Gasteiger partial charge in [0.2, 0.25) is 33.4 Å². The molecule has 0 saturated carbocycles. The van der Waals surface area contributed by atoms with Gasteiger partial charge in [-0.25, -0.2) is 13.4 Å². The molecular formula is C40H46N12O6S. The van der Waals surface area contributed by atoms with Gasteiger partial charge in [-0.2, -0.15) is 18.9 Å². The number of amides is 3. The molecule has 0 spiro atoms. The average Bonchev–Trinajstić information content (AvgIpc) is 3.98. The number of carbonyl (C=O) groups excluding carboxylic acids is 3. The van der Waals surface area contributed by atoms with Crippen LogP contribution in [0.2, 0.25) is 0 Å². The molecule has 308 valence electrons. The van der Waals surface area contributed by atoms with E-state index in [2.05, 4.69) is 40.7 Å². The minimum absolute atomic E-state index is 0.0218. The summed E-state index contributed by atoms with van der Waals surface area (Å²) < 4.78 is 37.0. The second kappa shape index (κ2) is 15.7. The van der Waals surface area contributed by atoms with E-state index in [9.17, 15) is 22.8 Å². The number of piperidine rings is 2. The predicted molar refractivity (Wildman–Crippen MR) is 216 cm³/mol. The number of benzene rings is 2. The van der Waals surface area contributed by atoms with Gasteiger partial charge in [0.05, 0.1) is 17.2 Å². The number of ether oxygens (including phenoxy) is 1. The number of hydrogen-bond donors (Lipinski definition) is 3. The standard InChI is InChI=1S/C40H46N12O6S/c1-25(2)58-36-35(28-20-42-43-21-28)41-24-52-37(36)46-40(47-52)44-29-10-12-50(13-11-29)59(56,57)31-5-3-4-26(18-31)22-48-14-16-49(17-15-48)30-6-7-32-27(19-30)23-51(39(32)55)33-8-9-34(53)45-38(33)54/h3-7,18-21,24-25,29,33H,8-17,22-23H2,1-2H3,(H,42,43)(H,44,47)(H,45,53,54)/t33-/m0/s1. The highest BCUT2D eigenvalue weighted by Gasteiger charge is 2.39. The first-order valence-corrected chi connectivity index (χ1v) is 21.5. The number of fused-ring (bicyclic) bond motifs is 2. The largest absolute Gasteiger partial charge is 0.485 e. The molecule has 4 aliphatic heterocycles. The lowest BCUT2D eigenvalue weighted by Crippen LogP contribution is -2.52. The second-order valence-electron chi connectivity index (χ2n) is 15.8. The third kappa shape index (κ3) is 7.72. The van der Waals surface area contributed by atoms with Crippen LogP contribution in [-0.4, -0.2) is 127 Å². The number of sulfonamides is 1. The Morgan fingerprint density at radius 1 is 0.983 bits per heavy atom. The first-order chi connectivity index (χ1) is 28.5. The van der Waals surface area contributed by atoms with Gasteiger partial charge in [-0.15, -0.1) is 5.10 Å². The van der Waals surface area contributed by atoms with Gasteiger partial charge in [0.25, 0.3) is 5.91 Å². The third-order valence-electron chi connectivity index (χ3n) is 11.4. The van der Waals surface area contributed by atoms with E-state index in [-0.39, 0.29) is 30.4 Å². The molecule has 4 aliphatic rings. The smallest absolute Gasteiger partial charge is 0.255 e. The molecule has 3 aromatic heterocycles. The van der Waals surface area contributed by atoms with E-state index >= 15 is 0 Å². The Morgan fingerprint density at radius 3 is 2.54 bits per heavy atom. The molecule has 2 aromatic carbocycles. The monoisotopic (exact) mass is 822 g/mol. The van der Waals surface area contributed by atoms with Crippen molar-refractivity contribution in [2.24, 2.45) is 0 Å². The van der Waals surface area contributed by atoms with Gasteiger partial charge in [0.15, 0.2) is 5.75 Å². The SMILES string of the molecule is CC(C)Oc1c(-c2cn[nH]c2)ncn2nc(NC3CCN(S(=O)(=O)c4cccc(CN5CCN(c6ccc7c(c6)CN([C@H]6CCC(=O)NC6=O)C7=O)CC5)c4)CC3)nc12. The van der Waals surface area contributed by atoms with Crippen molar-refractivity contribution >= 4 is 45.0 Å². The summed E-state index contributed by atoms with van der Waals surface area (Å²) in [5.41, 5.74) is 5.34. The number of aromatic nitrogens is 6. The van der Waals surface area contributed by atoms with Crippen LogP contribution >= 0.6 is 0 Å². The number of anilines is 2. The highest BCUT2D eigenvalue weighted by Crippen LogP contribution is 2.33. The molecule has 0 radical (unpaired) electrons. The van der Waals surface area contributed by atoms with Crippen molar-refractivity contribution in [1.82, 2.24) is 49.2 Å². The molecule has 3 amide bonds. The van der Waals surface area contributed by atoms with E-state index in [1.54, 1.807) is 44.6 Å². The molecule has 5 aromatic rings. The summed E-state index contributed by atoms with van der Waals surface area (Å²) in [5.74, 6) is 0.0249. The molecule has 18 nitrogen and oxygen atoms in total. The molecule has 0 bridgehead atoms. The summed E-state index contributed by atoms with van der Waals surface area (Å²) in [6, 6.07) is 12.4. The molecule has 7 heterocycles. The van der Waals surface area contributed by atoms with Crippen molar-refractivity contribution < 1.29 is 27.5 Å². The summed E-state index contributed by atoms with van der Waals surface area (Å²) >= 11 is 0. The topological polar surface area (TPSA) is 203 Å². The summed E-state index contributed by atoms with van der Waals surface area (Å²) in [4.78, 5) is 53.0. The lowest BCUT2D eigenvalue weighted by Gasteiger charge is -2.36. The first-order valence-electron chi connectivity index (χ1n) is 20.0. The van der Waals surface area contributed by atoms with Gasteiger partial charge < -0.3 is 19.9 Å². The Hall–Kier alpha value is -5.92. The van der Waals surface area contributed by atoms with Crippen molar-refractivity contribution in [1.29, 1.82) is 0 Å². The number of imide groups is 1. The lowest BCUT2D eigenvalue weighted by atomic mass is 10.0. The van der Waals surface area contributed by atoms with Crippen LogP contribution in [0.15, 0.2) is 66.1 Å². The van der Waals surface area contributed by atoms with Crippen LogP contribution in [0.5, 0.6) is 5.75 Å². The van der Waals surface area contributed by atoms with E-state index in [0.29, 0.717) is 78.9 Å². The van der Waals surface area contributed by atoms with E-state index in [1.807, 2.05) is 44.2 Å². The van der Waals surface area contributed by atoms with Crippen molar-refractivity contribution in [3.63, 3.8) is 0 Å². The molecule has 3 N–H and O–H groups in total. The van der Waals surface area contributed by atoms with E-state index in [1.165, 1.54) is 0 Å². The Morgan fingerprint density at radius 2 is 1.80 bits per heavy atom. The number of carbonyl (C=O) groups is 3. The fourth-order valence-corrected chi connectivity index (χ4v) is 9.92. The zero-order valence-electron chi connectivity index (χ0n) is 32.9. The lowest BCUT2D eigenvalue weighted by molar-refractivity contribution is -0.136. The molecule has 1 atom stereocenters. The zero-order valence-corrected chi connectivity index (χ0v) is 33.7. The highest BCUT2D eigenvalue weighted by molar-refractivity contribution is 7.89. The fourth-order valence-electron chi connectivity index (χ4n) is 8.38. The molecular weight excluding hydrogens is 777 g/mol. The summed E-state index contributed by atoms with van der Waals surface area (Å²) in [6.07, 6.45) is 6.62. The van der Waals surface area contributed by atoms with E-state index in [0.717, 1.165) is 48.6 Å². The van der Waals surface area contributed by atoms with Crippen LogP contribution in [0, 0.1) is 0 Å². The van der Waals surface area contributed by atoms with Crippen LogP contribution in [0.25, 0.3) is 16.9 Å². The fraction of sp³-hybridized carbons (Fsp3) is 0.425. The van der Waals surface area contributed by atoms with Gasteiger partial charge in [-0.05, 0) is 74.6 Å². The number of nitrogens with one attached hydrogen (secondary N) is 3. The molecule has 9 rings (SSSR count). The zero-order chi connectivity index (χ0) is 40.8. The minimum Gasteiger partial charge on any atom is -0.485 e. The third-order valence-corrected chi connectivity index (χ3v) is 13.3. The average molecular weight is 823 g/mol. The number of nitrogens with zero attached hydrogens (tertiary/aromatic N) is 9. The number of hydrogen-bond acceptors (Lipinski definition) is 13. The van der Waals surface area contributed by atoms with Crippen molar-refractivity contribution in [2.75, 3.05) is 49.5 Å². The number of H-pyrrole nitrogens is 1. The maximum absolute atomic E-state index is 13.9. The Kier molecular flexibility index (Phi) is 10.3. The van der Waals surface area contributed by atoms with Crippen molar-refractivity contribution in [3.8, 4) is 17.0 Å². The predicted octanol–water partition coefficient (Wildman–Crippen LogP) is 2.65. The van der Waals surface area contributed by atoms with E-state index < -0.39 is 22.0 Å². The number of piperazine rings is 1. The molecule has 0 unspecified atom stereocenters. The molecule has 19 heteroatoms. The van der Waals surface area contributed by atoms with Gasteiger partial charge in [0.1, 0.15) is 18.1 Å². The van der Waals surface area contributed by atoms with Crippen LogP contribution in [0.4, 0.5) is 11.6 Å². The van der Waals surface area contributed by atoms with Gasteiger partial charge in [-0.3, -0.25) is 29.7 Å². The van der Waals surface area contributed by atoms with Crippen molar-refractivity contribution in [2.45, 2.75) is 75.7 Å². The summed E-state index contributed by atoms with van der Waals surface area (Å²) in [5, 5.41) is 17.2. The van der Waals surface area contributed by atoms with Crippen LogP contribution in [0.1, 0.15) is 61.0 Å². The highest BCUT2D eigenvalue weighted by atomic mass is 32.2. The van der Waals surface area contributed by atoms with Gasteiger partial charge in [0, 0.05) is 87.8 Å². The Balaban J connectivity index is 0.786. The quantitative estimate of drug-likeness (QED) is 0.164. The van der Waals surface area contributed by atoms with Crippen molar-refractivity contribution in [3.05, 3.63) is 77.9 Å². The summed E-state index contributed by atoms with van der Waals surface area (Å²) in [6.45, 7) is 8.66. The van der Waals surface area contributed by atoms with Crippen LogP contribution in [-0.2, 0) is 32.7 Å². The normalized spacial score (nSPS) is 19.8. The number of aromatic amines is 1. The minimum atomic E-state index is -3.71. The maximum Gasteiger partial charge on any atom is 0.255 e. The first kappa shape index (κ1) is 38.6. The van der Waals surface area contributed by atoms with Gasteiger partial charge >= 0.3 is 0 Å². The van der Waals surface area contributed by atoms with Crippen LogP contribution < -0.4 is 20.3 Å². The Bertz CT molecular complexity index is 2510. The van der Waals surface area contributed by atoms with Crippen LogP contribution in [0.3, 0.4) is 0 Å². The summed E-state index contributed by atoms with van der Waals surface area (Å²) in [7, 11) is -3.71. The van der Waals surface area contributed by atoms with E-state index in [4.69, 9.17) is 9.72 Å². The molecule has 3 saturated heterocycles. The second-order valence-corrected chi connectivity index (χ2v) is 17.7. The molecule has 3 fully saturated rings. The number of rotatable bonds is 11.